The van der Waals surface area contributed by atoms with Gasteiger partial charge in [-0.05, 0) is 24.7 Å². The van der Waals surface area contributed by atoms with Crippen LogP contribution in [0.3, 0.4) is 0 Å². The molecule has 1 rings (SSSR count). The molecule has 3 nitrogen and oxygen atoms in total. The quantitative estimate of drug-likeness (QED) is 0.687. The van der Waals surface area contributed by atoms with E-state index in [2.05, 4.69) is 26.1 Å². The lowest BCUT2D eigenvalue weighted by atomic mass is 9.82. The van der Waals surface area contributed by atoms with Gasteiger partial charge in [-0.2, -0.15) is 0 Å². The predicted molar refractivity (Wildman–Crippen MR) is 66.3 cm³/mol. The Labute approximate surface area is 99.3 Å². The summed E-state index contributed by atoms with van der Waals surface area (Å²) in [5.41, 5.74) is 0.125. The highest BCUT2D eigenvalue weighted by Crippen LogP contribution is 2.25. The molecule has 1 saturated carbocycles. The fourth-order valence-electron chi connectivity index (χ4n) is 2.46. The van der Waals surface area contributed by atoms with Crippen LogP contribution in [0.25, 0.3) is 0 Å². The maximum atomic E-state index is 9.93. The Morgan fingerprint density at radius 2 is 1.88 bits per heavy atom. The lowest BCUT2D eigenvalue weighted by Gasteiger charge is -2.38. The maximum Gasteiger partial charge on any atom is 0.0693 e. The van der Waals surface area contributed by atoms with E-state index in [1.165, 1.54) is 6.42 Å². The third kappa shape index (κ3) is 4.04. The van der Waals surface area contributed by atoms with E-state index < -0.39 is 0 Å². The van der Waals surface area contributed by atoms with Crippen molar-refractivity contribution in [3.8, 4) is 0 Å². The molecule has 1 aliphatic carbocycles. The Morgan fingerprint density at radius 1 is 1.25 bits per heavy atom. The Balaban J connectivity index is 2.53. The fraction of sp³-hybridized carbons (Fsp3) is 1.00. The SMILES string of the molecule is CC(C)(C)C(CCO)NC1CCCCC1O. The molecule has 0 bridgehead atoms. The van der Waals surface area contributed by atoms with Crippen LogP contribution in [0.2, 0.25) is 0 Å². The molecule has 0 saturated heterocycles. The zero-order valence-electron chi connectivity index (χ0n) is 10.9. The summed E-state index contributed by atoms with van der Waals surface area (Å²) in [6.07, 6.45) is 4.85. The molecule has 0 aliphatic heterocycles. The van der Waals surface area contributed by atoms with Gasteiger partial charge in [0.2, 0.25) is 0 Å². The minimum atomic E-state index is -0.211. The van der Waals surface area contributed by atoms with E-state index in [1.54, 1.807) is 0 Å². The van der Waals surface area contributed by atoms with Crippen molar-refractivity contribution in [2.24, 2.45) is 5.41 Å². The van der Waals surface area contributed by atoms with Crippen LogP contribution in [0, 0.1) is 5.41 Å². The van der Waals surface area contributed by atoms with E-state index in [4.69, 9.17) is 5.11 Å². The lowest BCUT2D eigenvalue weighted by molar-refractivity contribution is 0.0685. The summed E-state index contributed by atoms with van der Waals surface area (Å²) in [5.74, 6) is 0. The molecular weight excluding hydrogens is 202 g/mol. The van der Waals surface area contributed by atoms with Gasteiger partial charge in [0.15, 0.2) is 0 Å². The molecule has 0 spiro atoms. The summed E-state index contributed by atoms with van der Waals surface area (Å²) < 4.78 is 0. The van der Waals surface area contributed by atoms with Gasteiger partial charge in [-0.15, -0.1) is 0 Å². The van der Waals surface area contributed by atoms with Crippen LogP contribution < -0.4 is 5.32 Å². The van der Waals surface area contributed by atoms with E-state index in [-0.39, 0.29) is 30.2 Å². The van der Waals surface area contributed by atoms with Crippen molar-refractivity contribution in [2.45, 2.75) is 71.1 Å². The Morgan fingerprint density at radius 3 is 2.38 bits per heavy atom. The molecule has 16 heavy (non-hydrogen) atoms. The first-order valence-electron chi connectivity index (χ1n) is 6.50. The Bertz CT molecular complexity index is 201. The smallest absolute Gasteiger partial charge is 0.0693 e. The van der Waals surface area contributed by atoms with Gasteiger partial charge in [-0.25, -0.2) is 0 Å². The zero-order chi connectivity index (χ0) is 12.2. The van der Waals surface area contributed by atoms with E-state index >= 15 is 0 Å². The predicted octanol–water partition coefficient (Wildman–Crippen LogP) is 1.68. The second-order valence-electron chi connectivity index (χ2n) is 6.06. The number of hydrogen-bond acceptors (Lipinski definition) is 3. The van der Waals surface area contributed by atoms with E-state index in [0.29, 0.717) is 0 Å². The standard InChI is InChI=1S/C13H27NO2/c1-13(2,3)12(8-9-15)14-10-6-4-5-7-11(10)16/h10-12,14-16H,4-9H2,1-3H3. The summed E-state index contributed by atoms with van der Waals surface area (Å²) in [4.78, 5) is 0. The van der Waals surface area contributed by atoms with Crippen molar-refractivity contribution >= 4 is 0 Å². The van der Waals surface area contributed by atoms with E-state index in [0.717, 1.165) is 25.7 Å². The van der Waals surface area contributed by atoms with Crippen molar-refractivity contribution in [2.75, 3.05) is 6.61 Å². The summed E-state index contributed by atoms with van der Waals surface area (Å²) in [6, 6.07) is 0.486. The average molecular weight is 229 g/mol. The molecule has 0 aromatic rings. The number of nitrogens with one attached hydrogen (secondary N) is 1. The second kappa shape index (κ2) is 5.99. The molecular formula is C13H27NO2. The van der Waals surface area contributed by atoms with Gasteiger partial charge in [-0.3, -0.25) is 0 Å². The van der Waals surface area contributed by atoms with Gasteiger partial charge in [0.05, 0.1) is 6.10 Å². The molecule has 0 aromatic carbocycles. The highest BCUT2D eigenvalue weighted by Gasteiger charge is 2.30. The summed E-state index contributed by atoms with van der Waals surface area (Å²) in [7, 11) is 0. The lowest BCUT2D eigenvalue weighted by Crippen LogP contribution is -2.51. The normalized spacial score (nSPS) is 29.1. The van der Waals surface area contributed by atoms with Crippen LogP contribution in [-0.4, -0.2) is 35.0 Å². The molecule has 96 valence electrons. The summed E-state index contributed by atoms with van der Waals surface area (Å²) in [6.45, 7) is 6.73. The minimum absolute atomic E-state index is 0.125. The molecule has 3 heteroatoms. The number of aliphatic hydroxyl groups is 2. The topological polar surface area (TPSA) is 52.5 Å². The molecule has 0 heterocycles. The van der Waals surface area contributed by atoms with Crippen molar-refractivity contribution in [3.63, 3.8) is 0 Å². The highest BCUT2D eigenvalue weighted by molar-refractivity contribution is 4.88. The Hall–Kier alpha value is -0.120. The average Bonchev–Trinajstić information content (AvgIpc) is 2.19. The number of aliphatic hydroxyl groups excluding tert-OH is 2. The van der Waals surface area contributed by atoms with Gasteiger partial charge in [-0.1, -0.05) is 33.6 Å². The maximum absolute atomic E-state index is 9.93. The molecule has 0 amide bonds. The van der Waals surface area contributed by atoms with E-state index in [1.807, 2.05) is 0 Å². The summed E-state index contributed by atoms with van der Waals surface area (Å²) in [5, 5.41) is 22.6. The first-order valence-corrected chi connectivity index (χ1v) is 6.50. The molecule has 1 aliphatic rings. The second-order valence-corrected chi connectivity index (χ2v) is 6.06. The van der Waals surface area contributed by atoms with Gasteiger partial charge in [0.1, 0.15) is 0 Å². The molecule has 1 fully saturated rings. The van der Waals surface area contributed by atoms with Crippen molar-refractivity contribution in [1.29, 1.82) is 0 Å². The number of hydrogen-bond donors (Lipinski definition) is 3. The van der Waals surface area contributed by atoms with Crippen molar-refractivity contribution in [1.82, 2.24) is 5.32 Å². The van der Waals surface area contributed by atoms with Gasteiger partial charge in [0.25, 0.3) is 0 Å². The van der Waals surface area contributed by atoms with Gasteiger partial charge < -0.3 is 15.5 Å². The third-order valence-electron chi connectivity index (χ3n) is 3.61. The van der Waals surface area contributed by atoms with Crippen LogP contribution >= 0.6 is 0 Å². The Kier molecular flexibility index (Phi) is 5.22. The zero-order valence-corrected chi connectivity index (χ0v) is 10.9. The van der Waals surface area contributed by atoms with Gasteiger partial charge >= 0.3 is 0 Å². The number of rotatable bonds is 4. The highest BCUT2D eigenvalue weighted by atomic mass is 16.3. The third-order valence-corrected chi connectivity index (χ3v) is 3.61. The van der Waals surface area contributed by atoms with Crippen molar-refractivity contribution < 1.29 is 10.2 Å². The molecule has 0 radical (unpaired) electrons. The van der Waals surface area contributed by atoms with Crippen LogP contribution in [-0.2, 0) is 0 Å². The van der Waals surface area contributed by atoms with Crippen molar-refractivity contribution in [3.05, 3.63) is 0 Å². The van der Waals surface area contributed by atoms with Crippen LogP contribution in [0.5, 0.6) is 0 Å². The molecule has 3 atom stereocenters. The van der Waals surface area contributed by atoms with E-state index in [9.17, 15) is 5.11 Å². The minimum Gasteiger partial charge on any atom is -0.396 e. The monoisotopic (exact) mass is 229 g/mol. The largest absolute Gasteiger partial charge is 0.396 e. The van der Waals surface area contributed by atoms with Crippen LogP contribution in [0.15, 0.2) is 0 Å². The van der Waals surface area contributed by atoms with Crippen LogP contribution in [0.4, 0.5) is 0 Å². The molecule has 3 N–H and O–H groups in total. The summed E-state index contributed by atoms with van der Waals surface area (Å²) >= 11 is 0. The molecule has 0 aromatic heterocycles. The van der Waals surface area contributed by atoms with Gasteiger partial charge in [0, 0.05) is 18.7 Å². The molecule has 3 unspecified atom stereocenters. The fourth-order valence-corrected chi connectivity index (χ4v) is 2.46. The first-order chi connectivity index (χ1) is 7.45. The van der Waals surface area contributed by atoms with Crippen LogP contribution in [0.1, 0.15) is 52.9 Å². The first kappa shape index (κ1) is 13.9.